The van der Waals surface area contributed by atoms with E-state index in [4.69, 9.17) is 11.6 Å². The van der Waals surface area contributed by atoms with Crippen molar-refractivity contribution in [2.45, 2.75) is 58.9 Å². The number of carbonyl (C=O) groups is 1. The number of H-pyrrole nitrogens is 1. The molecule has 0 bridgehead atoms. The number of amides is 1. The maximum absolute atomic E-state index is 12.0. The lowest BCUT2D eigenvalue weighted by molar-refractivity contribution is 0.0936. The Kier molecular flexibility index (Phi) is 6.79. The van der Waals surface area contributed by atoms with Crippen molar-refractivity contribution in [3.8, 4) is 0 Å². The molecule has 0 saturated carbocycles. The molecule has 1 aromatic heterocycles. The fourth-order valence-corrected chi connectivity index (χ4v) is 2.17. The smallest absolute Gasteiger partial charge is 0.261 e. The Morgan fingerprint density at radius 3 is 2.75 bits per heavy atom. The number of aryl methyl sites for hydroxylation is 1. The number of pyridine rings is 1. The van der Waals surface area contributed by atoms with Crippen LogP contribution in [-0.4, -0.2) is 16.9 Å². The second-order valence-electron chi connectivity index (χ2n) is 5.21. The highest BCUT2D eigenvalue weighted by Crippen LogP contribution is 2.12. The fraction of sp³-hybridized carbons (Fsp3) is 0.600. The summed E-state index contributed by atoms with van der Waals surface area (Å²) in [6.07, 6.45) is 5.59. The minimum absolute atomic E-state index is 0.0545. The third-order valence-electron chi connectivity index (χ3n) is 3.29. The maximum Gasteiger partial charge on any atom is 0.261 e. The average Bonchev–Trinajstić information content (AvgIpc) is 2.38. The lowest BCUT2D eigenvalue weighted by Gasteiger charge is -2.13. The highest BCUT2D eigenvalue weighted by Gasteiger charge is 2.14. The first-order valence-corrected chi connectivity index (χ1v) is 7.53. The predicted molar refractivity (Wildman–Crippen MR) is 82.5 cm³/mol. The van der Waals surface area contributed by atoms with Gasteiger partial charge in [0.1, 0.15) is 5.56 Å². The van der Waals surface area contributed by atoms with Gasteiger partial charge in [-0.15, -0.1) is 0 Å². The van der Waals surface area contributed by atoms with Crippen molar-refractivity contribution in [3.63, 3.8) is 0 Å². The molecule has 1 amide bonds. The Labute approximate surface area is 124 Å². The van der Waals surface area contributed by atoms with E-state index in [0.29, 0.717) is 10.7 Å². The highest BCUT2D eigenvalue weighted by molar-refractivity contribution is 6.31. The van der Waals surface area contributed by atoms with Gasteiger partial charge in [-0.3, -0.25) is 9.59 Å². The topological polar surface area (TPSA) is 62.0 Å². The summed E-state index contributed by atoms with van der Waals surface area (Å²) in [5.41, 5.74) is 0.240. The van der Waals surface area contributed by atoms with Gasteiger partial charge in [0, 0.05) is 11.7 Å². The van der Waals surface area contributed by atoms with Crippen LogP contribution >= 0.6 is 11.6 Å². The zero-order valence-electron chi connectivity index (χ0n) is 12.4. The quantitative estimate of drug-likeness (QED) is 0.758. The van der Waals surface area contributed by atoms with Crippen molar-refractivity contribution in [1.82, 2.24) is 10.3 Å². The van der Waals surface area contributed by atoms with Crippen molar-refractivity contribution < 1.29 is 4.79 Å². The fourth-order valence-electron chi connectivity index (χ4n) is 2.02. The Balaban J connectivity index is 2.58. The highest BCUT2D eigenvalue weighted by atomic mass is 35.5. The van der Waals surface area contributed by atoms with Gasteiger partial charge in [0.05, 0.1) is 5.02 Å². The molecule has 0 saturated heterocycles. The van der Waals surface area contributed by atoms with Crippen LogP contribution in [0.2, 0.25) is 5.02 Å². The molecule has 0 aliphatic heterocycles. The van der Waals surface area contributed by atoms with Gasteiger partial charge >= 0.3 is 0 Å². The van der Waals surface area contributed by atoms with Gasteiger partial charge in [-0.25, -0.2) is 0 Å². The molecule has 5 heteroatoms. The molecule has 0 aliphatic carbocycles. The summed E-state index contributed by atoms with van der Waals surface area (Å²) in [5, 5.41) is 3.24. The van der Waals surface area contributed by atoms with Crippen LogP contribution in [0.1, 0.15) is 62.0 Å². The second-order valence-corrected chi connectivity index (χ2v) is 5.62. The molecule has 20 heavy (non-hydrogen) atoms. The van der Waals surface area contributed by atoms with Crippen molar-refractivity contribution in [2.24, 2.45) is 0 Å². The number of carbonyl (C=O) groups excluding carboxylic acids is 1. The molecule has 2 N–H and O–H groups in total. The average molecular weight is 299 g/mol. The molecule has 4 nitrogen and oxygen atoms in total. The van der Waals surface area contributed by atoms with Crippen molar-refractivity contribution in [2.75, 3.05) is 0 Å². The molecular weight excluding hydrogens is 276 g/mol. The van der Waals surface area contributed by atoms with Gasteiger partial charge in [0.25, 0.3) is 11.5 Å². The van der Waals surface area contributed by atoms with Crippen LogP contribution < -0.4 is 10.9 Å². The van der Waals surface area contributed by atoms with Crippen LogP contribution in [0.25, 0.3) is 0 Å². The molecular formula is C15H23ClN2O2. The Morgan fingerprint density at radius 1 is 1.40 bits per heavy atom. The number of unbranched alkanes of at least 4 members (excludes halogenated alkanes) is 3. The number of halogens is 1. The van der Waals surface area contributed by atoms with Crippen LogP contribution in [0, 0.1) is 6.92 Å². The molecule has 0 fully saturated rings. The molecule has 112 valence electrons. The van der Waals surface area contributed by atoms with Crippen LogP contribution in [0.15, 0.2) is 10.9 Å². The second kappa shape index (κ2) is 8.10. The summed E-state index contributed by atoms with van der Waals surface area (Å²) in [4.78, 5) is 26.4. The Morgan fingerprint density at radius 2 is 2.10 bits per heavy atom. The predicted octanol–water partition coefficient (Wildman–Crippen LogP) is 3.43. The van der Waals surface area contributed by atoms with E-state index in [0.717, 1.165) is 12.8 Å². The van der Waals surface area contributed by atoms with Crippen molar-refractivity contribution in [1.29, 1.82) is 0 Å². The summed E-state index contributed by atoms with van der Waals surface area (Å²) in [5.74, 6) is -0.365. The molecule has 1 rings (SSSR count). The summed E-state index contributed by atoms with van der Waals surface area (Å²) >= 11 is 5.93. The molecule has 0 aliphatic rings. The van der Waals surface area contributed by atoms with Gasteiger partial charge in [-0.1, -0.05) is 44.2 Å². The summed E-state index contributed by atoms with van der Waals surface area (Å²) in [7, 11) is 0. The Hall–Kier alpha value is -1.29. The monoisotopic (exact) mass is 298 g/mol. The van der Waals surface area contributed by atoms with E-state index in [2.05, 4.69) is 17.2 Å². The molecule has 1 aromatic rings. The van der Waals surface area contributed by atoms with Crippen LogP contribution in [0.3, 0.4) is 0 Å². The number of hydrogen-bond donors (Lipinski definition) is 2. The largest absolute Gasteiger partial charge is 0.349 e. The van der Waals surface area contributed by atoms with Crippen LogP contribution in [0.5, 0.6) is 0 Å². The molecule has 1 heterocycles. The van der Waals surface area contributed by atoms with E-state index < -0.39 is 5.56 Å². The van der Waals surface area contributed by atoms with Gasteiger partial charge in [-0.2, -0.15) is 0 Å². The van der Waals surface area contributed by atoms with Crippen molar-refractivity contribution in [3.05, 3.63) is 32.7 Å². The molecule has 0 unspecified atom stereocenters. The van der Waals surface area contributed by atoms with Gasteiger partial charge in [-0.05, 0) is 26.3 Å². The summed E-state index contributed by atoms with van der Waals surface area (Å²) in [6, 6.07) is 1.48. The number of aromatic amines is 1. The van der Waals surface area contributed by atoms with E-state index in [1.807, 2.05) is 6.92 Å². The lowest BCUT2D eigenvalue weighted by atomic mass is 10.1. The minimum Gasteiger partial charge on any atom is -0.349 e. The van der Waals surface area contributed by atoms with E-state index in [9.17, 15) is 9.59 Å². The Bertz CT molecular complexity index is 511. The van der Waals surface area contributed by atoms with E-state index >= 15 is 0 Å². The molecule has 0 aromatic carbocycles. The lowest BCUT2D eigenvalue weighted by Crippen LogP contribution is -2.36. The van der Waals surface area contributed by atoms with Gasteiger partial charge in [0.15, 0.2) is 0 Å². The van der Waals surface area contributed by atoms with Gasteiger partial charge in [0.2, 0.25) is 0 Å². The standard InChI is InChI=1S/C15H23ClN2O2/c1-4-5-6-7-8-10(2)17-14(19)12-9-13(16)11(3)18-15(12)20/h9-10H,4-8H2,1-3H3,(H,17,19)(H,18,20)/t10-/m1/s1. The molecule has 1 atom stereocenters. The number of aromatic nitrogens is 1. The summed E-state index contributed by atoms with van der Waals surface area (Å²) < 4.78 is 0. The number of rotatable bonds is 7. The first-order valence-electron chi connectivity index (χ1n) is 7.16. The minimum atomic E-state index is -0.400. The summed E-state index contributed by atoms with van der Waals surface area (Å²) in [6.45, 7) is 5.81. The zero-order chi connectivity index (χ0) is 15.1. The first kappa shape index (κ1) is 16.8. The van der Waals surface area contributed by atoms with Crippen LogP contribution in [0.4, 0.5) is 0 Å². The van der Waals surface area contributed by atoms with Gasteiger partial charge < -0.3 is 10.3 Å². The molecule has 0 radical (unpaired) electrons. The van der Waals surface area contributed by atoms with Crippen LogP contribution in [-0.2, 0) is 0 Å². The zero-order valence-corrected chi connectivity index (χ0v) is 13.1. The number of hydrogen-bond acceptors (Lipinski definition) is 2. The van der Waals surface area contributed by atoms with E-state index in [1.54, 1.807) is 6.92 Å². The molecule has 0 spiro atoms. The number of nitrogens with one attached hydrogen (secondary N) is 2. The van der Waals surface area contributed by atoms with E-state index in [-0.39, 0.29) is 17.5 Å². The third-order valence-corrected chi connectivity index (χ3v) is 3.68. The maximum atomic E-state index is 12.0. The first-order chi connectivity index (χ1) is 9.45. The third kappa shape index (κ3) is 5.00. The SMILES string of the molecule is CCCCCC[C@@H](C)NC(=O)c1cc(Cl)c(C)[nH]c1=O. The van der Waals surface area contributed by atoms with E-state index in [1.165, 1.54) is 25.3 Å². The normalized spacial score (nSPS) is 12.2. The van der Waals surface area contributed by atoms with Crippen molar-refractivity contribution >= 4 is 17.5 Å².